The van der Waals surface area contributed by atoms with Crippen molar-refractivity contribution in [1.82, 2.24) is 4.90 Å². The average Bonchev–Trinajstić information content (AvgIpc) is 2.48. The predicted octanol–water partition coefficient (Wildman–Crippen LogP) is 2.29. The first-order valence-electron chi connectivity index (χ1n) is 7.41. The van der Waals surface area contributed by atoms with Gasteiger partial charge in [-0.2, -0.15) is 0 Å². The SMILES string of the molecule is CCOc1ccc(C(=O)N(C)C(C)CCN)cc1OCC. The topological polar surface area (TPSA) is 64.8 Å². The predicted molar refractivity (Wildman–Crippen MR) is 84.0 cm³/mol. The van der Waals surface area contributed by atoms with Gasteiger partial charge in [0.15, 0.2) is 11.5 Å². The first-order chi connectivity index (χ1) is 10.0. The Kier molecular flexibility index (Phi) is 7.02. The Morgan fingerprint density at radius 1 is 1.24 bits per heavy atom. The third kappa shape index (κ3) is 4.63. The molecule has 1 aromatic carbocycles. The molecule has 1 atom stereocenters. The summed E-state index contributed by atoms with van der Waals surface area (Å²) in [6.07, 6.45) is 0.775. The van der Waals surface area contributed by atoms with Crippen molar-refractivity contribution in [2.45, 2.75) is 33.2 Å². The fourth-order valence-electron chi connectivity index (χ4n) is 2.02. The van der Waals surface area contributed by atoms with Crippen molar-refractivity contribution in [2.75, 3.05) is 26.8 Å². The second-order valence-corrected chi connectivity index (χ2v) is 4.87. The van der Waals surface area contributed by atoms with Crippen molar-refractivity contribution in [3.05, 3.63) is 23.8 Å². The molecule has 0 fully saturated rings. The van der Waals surface area contributed by atoms with E-state index in [0.717, 1.165) is 6.42 Å². The van der Waals surface area contributed by atoms with Crippen LogP contribution in [0.25, 0.3) is 0 Å². The number of ether oxygens (including phenoxy) is 2. The van der Waals surface area contributed by atoms with Crippen LogP contribution in [-0.4, -0.2) is 43.7 Å². The zero-order valence-electron chi connectivity index (χ0n) is 13.4. The van der Waals surface area contributed by atoms with Crippen molar-refractivity contribution in [1.29, 1.82) is 0 Å². The molecule has 1 unspecified atom stereocenters. The molecule has 21 heavy (non-hydrogen) atoms. The van der Waals surface area contributed by atoms with Crippen LogP contribution in [0.1, 0.15) is 37.6 Å². The zero-order valence-corrected chi connectivity index (χ0v) is 13.4. The molecule has 2 N–H and O–H groups in total. The molecule has 5 heteroatoms. The summed E-state index contributed by atoms with van der Waals surface area (Å²) in [6, 6.07) is 5.39. The van der Waals surface area contributed by atoms with E-state index in [1.54, 1.807) is 30.1 Å². The summed E-state index contributed by atoms with van der Waals surface area (Å²) in [6.45, 7) is 7.45. The lowest BCUT2D eigenvalue weighted by Gasteiger charge is -2.25. The zero-order chi connectivity index (χ0) is 15.8. The summed E-state index contributed by atoms with van der Waals surface area (Å²) >= 11 is 0. The van der Waals surface area contributed by atoms with Crippen LogP contribution in [0.4, 0.5) is 0 Å². The van der Waals surface area contributed by atoms with Crippen LogP contribution < -0.4 is 15.2 Å². The summed E-state index contributed by atoms with van der Waals surface area (Å²) in [5, 5.41) is 0. The smallest absolute Gasteiger partial charge is 0.253 e. The molecule has 0 spiro atoms. The van der Waals surface area contributed by atoms with E-state index in [-0.39, 0.29) is 11.9 Å². The van der Waals surface area contributed by atoms with Crippen LogP contribution in [0.5, 0.6) is 11.5 Å². The number of rotatable bonds is 8. The van der Waals surface area contributed by atoms with Gasteiger partial charge < -0.3 is 20.1 Å². The van der Waals surface area contributed by atoms with E-state index >= 15 is 0 Å². The van der Waals surface area contributed by atoms with Crippen molar-refractivity contribution >= 4 is 5.91 Å². The molecule has 0 aromatic heterocycles. The Hall–Kier alpha value is -1.75. The van der Waals surface area contributed by atoms with E-state index in [2.05, 4.69) is 0 Å². The second-order valence-electron chi connectivity index (χ2n) is 4.87. The fraction of sp³-hybridized carbons (Fsp3) is 0.562. The highest BCUT2D eigenvalue weighted by Gasteiger charge is 2.18. The van der Waals surface area contributed by atoms with Crippen molar-refractivity contribution in [3.8, 4) is 11.5 Å². The highest BCUT2D eigenvalue weighted by molar-refractivity contribution is 5.95. The third-order valence-electron chi connectivity index (χ3n) is 3.36. The van der Waals surface area contributed by atoms with Gasteiger partial charge in [-0.05, 0) is 51.9 Å². The van der Waals surface area contributed by atoms with E-state index in [1.165, 1.54) is 0 Å². The summed E-state index contributed by atoms with van der Waals surface area (Å²) in [5.74, 6) is 1.22. The minimum absolute atomic E-state index is 0.0417. The second kappa shape index (κ2) is 8.52. The molecule has 0 aliphatic rings. The minimum atomic E-state index is -0.0417. The van der Waals surface area contributed by atoms with E-state index in [9.17, 15) is 4.79 Å². The van der Waals surface area contributed by atoms with Gasteiger partial charge in [-0.3, -0.25) is 4.79 Å². The highest BCUT2D eigenvalue weighted by Crippen LogP contribution is 2.29. The number of nitrogens with zero attached hydrogens (tertiary/aromatic N) is 1. The van der Waals surface area contributed by atoms with Gasteiger partial charge in [0.1, 0.15) is 0 Å². The number of carbonyl (C=O) groups excluding carboxylic acids is 1. The van der Waals surface area contributed by atoms with Gasteiger partial charge in [0.05, 0.1) is 13.2 Å². The Morgan fingerprint density at radius 3 is 2.43 bits per heavy atom. The molecule has 0 saturated heterocycles. The average molecular weight is 294 g/mol. The third-order valence-corrected chi connectivity index (χ3v) is 3.36. The van der Waals surface area contributed by atoms with Crippen molar-refractivity contribution in [2.24, 2.45) is 5.73 Å². The van der Waals surface area contributed by atoms with Gasteiger partial charge in [0.25, 0.3) is 5.91 Å². The molecule has 0 aliphatic heterocycles. The summed E-state index contributed by atoms with van der Waals surface area (Å²) in [5.41, 5.74) is 6.14. The summed E-state index contributed by atoms with van der Waals surface area (Å²) in [7, 11) is 1.79. The molecule has 0 bridgehead atoms. The van der Waals surface area contributed by atoms with Crippen LogP contribution in [0, 0.1) is 0 Å². The Labute approximate surface area is 127 Å². The monoisotopic (exact) mass is 294 g/mol. The van der Waals surface area contributed by atoms with Gasteiger partial charge >= 0.3 is 0 Å². The largest absolute Gasteiger partial charge is 0.490 e. The van der Waals surface area contributed by atoms with Crippen LogP contribution in [0.15, 0.2) is 18.2 Å². The number of carbonyl (C=O) groups is 1. The molecule has 1 rings (SSSR count). The maximum absolute atomic E-state index is 12.5. The van der Waals surface area contributed by atoms with Crippen molar-refractivity contribution < 1.29 is 14.3 Å². The van der Waals surface area contributed by atoms with E-state index in [4.69, 9.17) is 15.2 Å². The molecule has 0 saturated carbocycles. The molecular weight excluding hydrogens is 268 g/mol. The lowest BCUT2D eigenvalue weighted by Crippen LogP contribution is -2.36. The van der Waals surface area contributed by atoms with Crippen LogP contribution >= 0.6 is 0 Å². The molecule has 1 aromatic rings. The number of benzene rings is 1. The van der Waals surface area contributed by atoms with Gasteiger partial charge in [0.2, 0.25) is 0 Å². The molecule has 5 nitrogen and oxygen atoms in total. The molecule has 0 aliphatic carbocycles. The number of hydrogen-bond acceptors (Lipinski definition) is 4. The number of amides is 1. The normalized spacial score (nSPS) is 11.9. The van der Waals surface area contributed by atoms with Gasteiger partial charge in [0, 0.05) is 18.7 Å². The Morgan fingerprint density at radius 2 is 1.86 bits per heavy atom. The van der Waals surface area contributed by atoms with E-state index in [1.807, 2.05) is 20.8 Å². The number of hydrogen-bond donors (Lipinski definition) is 1. The van der Waals surface area contributed by atoms with Crippen molar-refractivity contribution in [3.63, 3.8) is 0 Å². The molecule has 1 amide bonds. The lowest BCUT2D eigenvalue weighted by molar-refractivity contribution is 0.0738. The standard InChI is InChI=1S/C16H26N2O3/c1-5-20-14-8-7-13(11-15(14)21-6-2)16(19)18(4)12(3)9-10-17/h7-8,11-12H,5-6,9-10,17H2,1-4H3. The summed E-state index contributed by atoms with van der Waals surface area (Å²) < 4.78 is 11.1. The van der Waals surface area contributed by atoms with Crippen LogP contribution in [0.2, 0.25) is 0 Å². The number of nitrogens with two attached hydrogens (primary N) is 1. The van der Waals surface area contributed by atoms with Gasteiger partial charge in [-0.25, -0.2) is 0 Å². The highest BCUT2D eigenvalue weighted by atomic mass is 16.5. The lowest BCUT2D eigenvalue weighted by atomic mass is 10.1. The first-order valence-corrected chi connectivity index (χ1v) is 7.41. The molecule has 0 heterocycles. The molecular formula is C16H26N2O3. The first kappa shape index (κ1) is 17.3. The summed E-state index contributed by atoms with van der Waals surface area (Å²) in [4.78, 5) is 14.2. The van der Waals surface area contributed by atoms with Gasteiger partial charge in [-0.15, -0.1) is 0 Å². The Bertz CT molecular complexity index is 463. The quantitative estimate of drug-likeness (QED) is 0.799. The van der Waals surface area contributed by atoms with Crippen LogP contribution in [0.3, 0.4) is 0 Å². The maximum Gasteiger partial charge on any atom is 0.253 e. The van der Waals surface area contributed by atoms with Crippen LogP contribution in [-0.2, 0) is 0 Å². The minimum Gasteiger partial charge on any atom is -0.490 e. The van der Waals surface area contributed by atoms with E-state index < -0.39 is 0 Å². The maximum atomic E-state index is 12.5. The fourth-order valence-corrected chi connectivity index (χ4v) is 2.02. The van der Waals surface area contributed by atoms with Gasteiger partial charge in [-0.1, -0.05) is 0 Å². The molecule has 118 valence electrons. The van der Waals surface area contributed by atoms with E-state index in [0.29, 0.717) is 36.8 Å². The molecule has 0 radical (unpaired) electrons. The Balaban J connectivity index is 2.96.